The fourth-order valence-corrected chi connectivity index (χ4v) is 0.978. The Bertz CT molecular complexity index is 237. The molecular weight excluding hydrogens is 184 g/mol. The molecule has 3 N–H and O–H groups in total. The summed E-state index contributed by atoms with van der Waals surface area (Å²) in [5.74, 6) is -3.05. The lowest BCUT2D eigenvalue weighted by Crippen LogP contribution is -2.48. The van der Waals surface area contributed by atoms with Crippen LogP contribution in [0.3, 0.4) is 0 Å². The summed E-state index contributed by atoms with van der Waals surface area (Å²) in [6.07, 6.45) is -7.39. The Hall–Kier alpha value is -1.18. The van der Waals surface area contributed by atoms with Gasteiger partial charge in [0.1, 0.15) is 12.2 Å². The lowest BCUT2D eigenvalue weighted by molar-refractivity contribution is -0.319. The number of esters is 1. The highest BCUT2D eigenvalue weighted by atomic mass is 16.6. The lowest BCUT2D eigenvalue weighted by atomic mass is 10.1. The molecule has 0 aromatic heterocycles. The molecule has 7 heteroatoms. The summed E-state index contributed by atoms with van der Waals surface area (Å²) in [5.41, 5.74) is 0. The number of carbonyl (C=O) groups excluding carboxylic acids is 2. The van der Waals surface area contributed by atoms with Gasteiger partial charge in [0, 0.05) is 0 Å². The molecule has 1 heterocycles. The van der Waals surface area contributed by atoms with Gasteiger partial charge in [-0.2, -0.15) is 0 Å². The number of hydrogen-bond acceptors (Lipinski definition) is 7. The van der Waals surface area contributed by atoms with Crippen molar-refractivity contribution in [1.82, 2.24) is 0 Å². The van der Waals surface area contributed by atoms with E-state index >= 15 is 0 Å². The Morgan fingerprint density at radius 1 is 1.54 bits per heavy atom. The third-order valence-corrected chi connectivity index (χ3v) is 1.71. The van der Waals surface area contributed by atoms with Gasteiger partial charge in [-0.15, -0.1) is 0 Å². The molecule has 0 saturated carbocycles. The lowest BCUT2D eigenvalue weighted by Gasteiger charge is -2.20. The van der Waals surface area contributed by atoms with Crippen molar-refractivity contribution in [2.24, 2.45) is 0 Å². The van der Waals surface area contributed by atoms with Gasteiger partial charge in [-0.25, -0.2) is 4.79 Å². The van der Waals surface area contributed by atoms with E-state index in [0.29, 0.717) is 0 Å². The molecule has 1 saturated heterocycles. The normalized spacial score (nSPS) is 35.6. The molecule has 0 aliphatic carbocycles. The number of aliphatic carboxylic acids is 1. The van der Waals surface area contributed by atoms with Gasteiger partial charge in [-0.05, 0) is 0 Å². The molecular formula is C6H7O7-. The largest absolute Gasteiger partial charge is 0.547 e. The highest BCUT2D eigenvalue weighted by Crippen LogP contribution is 2.18. The van der Waals surface area contributed by atoms with Crippen LogP contribution >= 0.6 is 0 Å². The molecule has 0 amide bonds. The Labute approximate surface area is 72.2 Å². The topological polar surface area (TPSA) is 127 Å². The minimum absolute atomic E-state index is 1.17. The first kappa shape index (κ1) is 9.90. The van der Waals surface area contributed by atoms with Crippen molar-refractivity contribution < 1.29 is 34.8 Å². The van der Waals surface area contributed by atoms with E-state index in [4.69, 9.17) is 15.3 Å². The second-order valence-electron chi connectivity index (χ2n) is 2.60. The van der Waals surface area contributed by atoms with Crippen LogP contribution in [0.25, 0.3) is 0 Å². The molecule has 7 nitrogen and oxygen atoms in total. The summed E-state index contributed by atoms with van der Waals surface area (Å²) in [5, 5.41) is 36.7. The molecule has 4 atom stereocenters. The Kier molecular flexibility index (Phi) is 2.50. The van der Waals surface area contributed by atoms with Crippen molar-refractivity contribution in [2.75, 3.05) is 0 Å². The van der Waals surface area contributed by atoms with Crippen molar-refractivity contribution in [2.45, 2.75) is 24.4 Å². The van der Waals surface area contributed by atoms with Gasteiger partial charge in [0.15, 0.2) is 12.2 Å². The van der Waals surface area contributed by atoms with E-state index in [2.05, 4.69) is 4.74 Å². The molecule has 1 aliphatic rings. The molecule has 1 fully saturated rings. The maximum Gasteiger partial charge on any atom is 0.338 e. The molecule has 0 aromatic rings. The van der Waals surface area contributed by atoms with Gasteiger partial charge in [0.25, 0.3) is 0 Å². The summed E-state index contributed by atoms with van der Waals surface area (Å²) < 4.78 is 4.20. The monoisotopic (exact) mass is 191 g/mol. The van der Waals surface area contributed by atoms with Gasteiger partial charge in [0.2, 0.25) is 0 Å². The fourth-order valence-electron chi connectivity index (χ4n) is 0.978. The maximum atomic E-state index is 10.6. The smallest absolute Gasteiger partial charge is 0.338 e. The van der Waals surface area contributed by atoms with E-state index in [1.165, 1.54) is 0 Å². The predicted octanol–water partition coefficient (Wildman–Crippen LogP) is -4.26. The average molecular weight is 191 g/mol. The van der Waals surface area contributed by atoms with E-state index < -0.39 is 36.4 Å². The molecule has 13 heavy (non-hydrogen) atoms. The Balaban J connectivity index is 2.73. The fraction of sp³-hybridized carbons (Fsp3) is 0.667. The van der Waals surface area contributed by atoms with Crippen molar-refractivity contribution in [3.8, 4) is 0 Å². The van der Waals surface area contributed by atoms with Crippen molar-refractivity contribution in [3.63, 3.8) is 0 Å². The molecule has 1 aliphatic heterocycles. The van der Waals surface area contributed by atoms with Gasteiger partial charge in [-0.3, -0.25) is 0 Å². The second kappa shape index (κ2) is 3.29. The number of carboxylic acid groups (broad SMARTS) is 1. The van der Waals surface area contributed by atoms with Gasteiger partial charge < -0.3 is 30.0 Å². The van der Waals surface area contributed by atoms with Crippen LogP contribution in [0.4, 0.5) is 0 Å². The van der Waals surface area contributed by atoms with E-state index in [0.717, 1.165) is 0 Å². The molecule has 74 valence electrons. The van der Waals surface area contributed by atoms with Crippen LogP contribution in [0.2, 0.25) is 0 Å². The summed E-state index contributed by atoms with van der Waals surface area (Å²) in [6, 6.07) is 0. The van der Waals surface area contributed by atoms with E-state index in [1.54, 1.807) is 0 Å². The quantitative estimate of drug-likeness (QED) is 0.377. The molecule has 0 spiro atoms. The zero-order valence-electron chi connectivity index (χ0n) is 6.28. The zero-order chi connectivity index (χ0) is 10.2. The van der Waals surface area contributed by atoms with Crippen molar-refractivity contribution in [1.29, 1.82) is 0 Å². The Morgan fingerprint density at radius 2 is 2.08 bits per heavy atom. The van der Waals surface area contributed by atoms with Crippen LogP contribution in [0.5, 0.6) is 0 Å². The molecule has 0 radical (unpaired) electrons. The van der Waals surface area contributed by atoms with E-state index in [-0.39, 0.29) is 0 Å². The molecule has 1 rings (SSSR count). The molecule has 0 aromatic carbocycles. The SMILES string of the molecule is O=C1O[C@H]([C@H](O)C(=O)[O-])[C@H](O)[C@@H]1O. The van der Waals surface area contributed by atoms with Gasteiger partial charge in [0.05, 0.1) is 5.97 Å². The number of hydrogen-bond donors (Lipinski definition) is 3. The first-order valence-electron chi connectivity index (χ1n) is 3.40. The third kappa shape index (κ3) is 1.62. The zero-order valence-corrected chi connectivity index (χ0v) is 6.28. The minimum Gasteiger partial charge on any atom is -0.547 e. The number of rotatable bonds is 2. The molecule has 0 bridgehead atoms. The van der Waals surface area contributed by atoms with Crippen molar-refractivity contribution in [3.05, 3.63) is 0 Å². The van der Waals surface area contributed by atoms with Crippen LogP contribution in [-0.4, -0.2) is 51.7 Å². The first-order chi connectivity index (χ1) is 5.95. The predicted molar refractivity (Wildman–Crippen MR) is 32.9 cm³/mol. The number of cyclic esters (lactones) is 1. The van der Waals surface area contributed by atoms with Crippen LogP contribution in [0.15, 0.2) is 0 Å². The van der Waals surface area contributed by atoms with Gasteiger partial charge >= 0.3 is 5.97 Å². The first-order valence-corrected chi connectivity index (χ1v) is 3.40. The summed E-state index contributed by atoms with van der Waals surface area (Å²) in [7, 11) is 0. The maximum absolute atomic E-state index is 10.6. The van der Waals surface area contributed by atoms with Crippen LogP contribution in [-0.2, 0) is 14.3 Å². The van der Waals surface area contributed by atoms with Crippen molar-refractivity contribution >= 4 is 11.9 Å². The summed E-state index contributed by atoms with van der Waals surface area (Å²) >= 11 is 0. The van der Waals surface area contributed by atoms with Crippen LogP contribution in [0, 0.1) is 0 Å². The number of ether oxygens (including phenoxy) is 1. The van der Waals surface area contributed by atoms with Gasteiger partial charge in [-0.1, -0.05) is 0 Å². The summed E-state index contributed by atoms with van der Waals surface area (Å²) in [4.78, 5) is 20.7. The minimum atomic E-state index is -2.14. The summed E-state index contributed by atoms with van der Waals surface area (Å²) in [6.45, 7) is 0. The van der Waals surface area contributed by atoms with Crippen LogP contribution < -0.4 is 5.11 Å². The van der Waals surface area contributed by atoms with E-state index in [9.17, 15) is 14.7 Å². The van der Waals surface area contributed by atoms with Crippen LogP contribution in [0.1, 0.15) is 0 Å². The second-order valence-corrected chi connectivity index (χ2v) is 2.60. The third-order valence-electron chi connectivity index (χ3n) is 1.71. The Morgan fingerprint density at radius 3 is 2.38 bits per heavy atom. The average Bonchev–Trinajstić information content (AvgIpc) is 2.31. The number of carbonyl (C=O) groups is 2. The number of aliphatic hydroxyl groups excluding tert-OH is 3. The number of carboxylic acids is 1. The number of aliphatic hydroxyl groups is 3. The highest BCUT2D eigenvalue weighted by Gasteiger charge is 2.46. The standard InChI is InChI=1S/C6H8O7/c7-1-2(8)6(12)13-4(1)3(9)5(10)11/h1-4,7-9H,(H,10,11)/p-1/t1-,2+,3+,4+/m1/s1. The van der Waals surface area contributed by atoms with E-state index in [1.807, 2.05) is 0 Å². The molecule has 0 unspecified atom stereocenters. The highest BCUT2D eigenvalue weighted by molar-refractivity contribution is 5.80.